The van der Waals surface area contributed by atoms with E-state index in [9.17, 15) is 19.1 Å². The average Bonchev–Trinajstić information content (AvgIpc) is 2.97. The number of methoxy groups -OCH3 is 1. The van der Waals surface area contributed by atoms with Crippen molar-refractivity contribution >= 4 is 17.4 Å². The van der Waals surface area contributed by atoms with Crippen molar-refractivity contribution in [2.45, 2.75) is 26.0 Å². The SMILES string of the molecule is COCCN1C(=O)C(=O)/C(=C(/O)c2ccc(OC(C)C)cc2)C1c1ccc(F)cc1. The Morgan fingerprint density at radius 2 is 1.73 bits per heavy atom. The molecule has 1 amide bonds. The number of carbonyl (C=O) groups is 2. The number of hydrogen-bond donors (Lipinski definition) is 1. The molecule has 1 aliphatic rings. The first-order valence-corrected chi connectivity index (χ1v) is 9.63. The normalized spacial score (nSPS) is 18.3. The third kappa shape index (κ3) is 4.36. The van der Waals surface area contributed by atoms with E-state index in [0.29, 0.717) is 16.9 Å². The highest BCUT2D eigenvalue weighted by Gasteiger charge is 2.45. The van der Waals surface area contributed by atoms with Gasteiger partial charge in [-0.05, 0) is 55.8 Å². The number of ketones is 1. The van der Waals surface area contributed by atoms with Crippen molar-refractivity contribution in [2.24, 2.45) is 0 Å². The third-order valence-corrected chi connectivity index (χ3v) is 4.76. The molecule has 3 rings (SSSR count). The Bertz CT molecular complexity index is 951. The molecule has 0 spiro atoms. The number of carbonyl (C=O) groups excluding carboxylic acids is 2. The number of halogens is 1. The van der Waals surface area contributed by atoms with Gasteiger partial charge in [0.25, 0.3) is 11.7 Å². The lowest BCUT2D eigenvalue weighted by Crippen LogP contribution is -2.32. The van der Waals surface area contributed by atoms with Gasteiger partial charge in [0.05, 0.1) is 24.3 Å². The minimum absolute atomic E-state index is 0.00553. The van der Waals surface area contributed by atoms with Crippen LogP contribution >= 0.6 is 0 Å². The molecule has 0 radical (unpaired) electrons. The summed E-state index contributed by atoms with van der Waals surface area (Å²) in [6.07, 6.45) is -0.00553. The summed E-state index contributed by atoms with van der Waals surface area (Å²) in [4.78, 5) is 26.8. The Labute approximate surface area is 174 Å². The number of rotatable bonds is 7. The fraction of sp³-hybridized carbons (Fsp3) is 0.304. The summed E-state index contributed by atoms with van der Waals surface area (Å²) in [5, 5.41) is 10.9. The predicted octanol–water partition coefficient (Wildman–Crippen LogP) is 3.68. The number of aliphatic hydroxyl groups is 1. The molecule has 1 saturated heterocycles. The molecule has 30 heavy (non-hydrogen) atoms. The van der Waals surface area contributed by atoms with Crippen LogP contribution in [0, 0.1) is 5.82 Å². The largest absolute Gasteiger partial charge is 0.507 e. The molecule has 0 aromatic heterocycles. The molecule has 0 bridgehead atoms. The van der Waals surface area contributed by atoms with Crippen molar-refractivity contribution in [3.05, 3.63) is 71.0 Å². The van der Waals surface area contributed by atoms with Gasteiger partial charge in [-0.1, -0.05) is 12.1 Å². The second-order valence-corrected chi connectivity index (χ2v) is 7.23. The van der Waals surface area contributed by atoms with Gasteiger partial charge in [-0.2, -0.15) is 0 Å². The monoisotopic (exact) mass is 413 g/mol. The Balaban J connectivity index is 2.07. The molecule has 1 fully saturated rings. The molecule has 1 N–H and O–H groups in total. The highest BCUT2D eigenvalue weighted by atomic mass is 19.1. The van der Waals surface area contributed by atoms with Crippen molar-refractivity contribution in [1.29, 1.82) is 0 Å². The second-order valence-electron chi connectivity index (χ2n) is 7.23. The van der Waals surface area contributed by atoms with E-state index in [1.807, 2.05) is 13.8 Å². The molecular formula is C23H24FNO5. The minimum atomic E-state index is -0.840. The van der Waals surface area contributed by atoms with Crippen molar-refractivity contribution in [3.63, 3.8) is 0 Å². The number of benzene rings is 2. The zero-order chi connectivity index (χ0) is 21.8. The number of ether oxygens (including phenoxy) is 2. The maximum atomic E-state index is 13.4. The van der Waals surface area contributed by atoms with Gasteiger partial charge in [0, 0.05) is 19.2 Å². The van der Waals surface area contributed by atoms with Crippen LogP contribution in [-0.2, 0) is 14.3 Å². The van der Waals surface area contributed by atoms with Crippen molar-refractivity contribution in [2.75, 3.05) is 20.3 Å². The van der Waals surface area contributed by atoms with E-state index in [4.69, 9.17) is 9.47 Å². The summed E-state index contributed by atoms with van der Waals surface area (Å²) >= 11 is 0. The van der Waals surface area contributed by atoms with E-state index < -0.39 is 23.5 Å². The summed E-state index contributed by atoms with van der Waals surface area (Å²) in [6, 6.07) is 11.3. The molecule has 0 saturated carbocycles. The smallest absolute Gasteiger partial charge is 0.295 e. The predicted molar refractivity (Wildman–Crippen MR) is 109 cm³/mol. The number of Topliss-reactive ketones (excluding diaryl/α,β-unsaturated/α-hetero) is 1. The van der Waals surface area contributed by atoms with Crippen LogP contribution in [0.1, 0.15) is 31.0 Å². The molecule has 158 valence electrons. The maximum absolute atomic E-state index is 13.4. The molecular weight excluding hydrogens is 389 g/mol. The molecule has 1 unspecified atom stereocenters. The van der Waals surface area contributed by atoms with Gasteiger partial charge in [-0.15, -0.1) is 0 Å². The van der Waals surface area contributed by atoms with E-state index in [2.05, 4.69) is 0 Å². The zero-order valence-corrected chi connectivity index (χ0v) is 17.1. The Morgan fingerprint density at radius 1 is 1.10 bits per heavy atom. The van der Waals surface area contributed by atoms with Crippen LogP contribution in [-0.4, -0.2) is 48.1 Å². The summed E-state index contributed by atoms with van der Waals surface area (Å²) in [7, 11) is 1.49. The van der Waals surface area contributed by atoms with Gasteiger partial charge in [0.1, 0.15) is 17.3 Å². The van der Waals surface area contributed by atoms with E-state index in [1.54, 1.807) is 24.3 Å². The van der Waals surface area contributed by atoms with E-state index in [-0.39, 0.29) is 30.6 Å². The van der Waals surface area contributed by atoms with Gasteiger partial charge in [0.15, 0.2) is 0 Å². The molecule has 1 atom stereocenters. The number of hydrogen-bond acceptors (Lipinski definition) is 5. The van der Waals surface area contributed by atoms with Gasteiger partial charge in [-0.25, -0.2) is 4.39 Å². The lowest BCUT2D eigenvalue weighted by atomic mass is 9.95. The quantitative estimate of drug-likeness (QED) is 0.426. The topological polar surface area (TPSA) is 76.1 Å². The van der Waals surface area contributed by atoms with Crippen LogP contribution in [0.5, 0.6) is 5.75 Å². The van der Waals surface area contributed by atoms with E-state index >= 15 is 0 Å². The number of amides is 1. The molecule has 1 aliphatic heterocycles. The van der Waals surface area contributed by atoms with Crippen molar-refractivity contribution < 1.29 is 28.6 Å². The van der Waals surface area contributed by atoms with Crippen LogP contribution in [0.3, 0.4) is 0 Å². The number of nitrogens with zero attached hydrogens (tertiary/aromatic N) is 1. The third-order valence-electron chi connectivity index (χ3n) is 4.76. The lowest BCUT2D eigenvalue weighted by Gasteiger charge is -2.25. The van der Waals surface area contributed by atoms with Gasteiger partial charge >= 0.3 is 0 Å². The first-order chi connectivity index (χ1) is 14.3. The number of likely N-dealkylation sites (tertiary alicyclic amines) is 1. The van der Waals surface area contributed by atoms with E-state index in [0.717, 1.165) is 0 Å². The summed E-state index contributed by atoms with van der Waals surface area (Å²) in [5.41, 5.74) is 0.858. The first-order valence-electron chi connectivity index (χ1n) is 9.63. The lowest BCUT2D eigenvalue weighted by molar-refractivity contribution is -0.140. The molecule has 2 aromatic carbocycles. The van der Waals surface area contributed by atoms with Crippen LogP contribution in [0.25, 0.3) is 5.76 Å². The van der Waals surface area contributed by atoms with Crippen molar-refractivity contribution in [1.82, 2.24) is 4.90 Å². The van der Waals surface area contributed by atoms with Crippen LogP contribution in [0.4, 0.5) is 4.39 Å². The average molecular weight is 413 g/mol. The van der Waals surface area contributed by atoms with Gasteiger partial charge in [0.2, 0.25) is 0 Å². The van der Waals surface area contributed by atoms with Crippen LogP contribution in [0.2, 0.25) is 0 Å². The van der Waals surface area contributed by atoms with Crippen LogP contribution in [0.15, 0.2) is 54.1 Å². The summed E-state index contributed by atoms with van der Waals surface area (Å²) in [6.45, 7) is 4.17. The van der Waals surface area contributed by atoms with Gasteiger partial charge < -0.3 is 19.5 Å². The Kier molecular flexibility index (Phi) is 6.52. The molecule has 0 aliphatic carbocycles. The summed E-state index contributed by atoms with van der Waals surface area (Å²) in [5.74, 6) is -1.63. The van der Waals surface area contributed by atoms with Gasteiger partial charge in [-0.3, -0.25) is 9.59 Å². The first kappa shape index (κ1) is 21.5. The fourth-order valence-electron chi connectivity index (χ4n) is 3.41. The highest BCUT2D eigenvalue weighted by Crippen LogP contribution is 2.39. The Hall–Kier alpha value is -3.19. The minimum Gasteiger partial charge on any atom is -0.507 e. The standard InChI is InChI=1S/C23H24FNO5/c1-14(2)30-18-10-6-16(7-11-18)21(26)19-20(15-4-8-17(24)9-5-15)25(12-13-29-3)23(28)22(19)27/h4-11,14,20,26H,12-13H2,1-3H3/b21-19+. The molecule has 2 aromatic rings. The summed E-state index contributed by atoms with van der Waals surface area (Å²) < 4.78 is 24.1. The fourth-order valence-corrected chi connectivity index (χ4v) is 3.41. The highest BCUT2D eigenvalue weighted by molar-refractivity contribution is 6.46. The van der Waals surface area contributed by atoms with Crippen molar-refractivity contribution in [3.8, 4) is 5.75 Å². The van der Waals surface area contributed by atoms with E-state index in [1.165, 1.54) is 36.3 Å². The van der Waals surface area contributed by atoms with Crippen LogP contribution < -0.4 is 4.74 Å². The second kappa shape index (κ2) is 9.09. The Morgan fingerprint density at radius 3 is 2.30 bits per heavy atom. The zero-order valence-electron chi connectivity index (χ0n) is 17.1. The molecule has 1 heterocycles. The molecule has 7 heteroatoms. The maximum Gasteiger partial charge on any atom is 0.295 e. The number of aliphatic hydroxyl groups excluding tert-OH is 1. The molecule has 6 nitrogen and oxygen atoms in total.